The Morgan fingerprint density at radius 2 is 2.33 bits per heavy atom. The van der Waals surface area contributed by atoms with E-state index in [1.54, 1.807) is 0 Å². The molecule has 1 fully saturated rings. The lowest BCUT2D eigenvalue weighted by Gasteiger charge is -2.16. The van der Waals surface area contributed by atoms with E-state index in [4.69, 9.17) is 10.3 Å². The van der Waals surface area contributed by atoms with Gasteiger partial charge in [-0.15, -0.1) is 0 Å². The summed E-state index contributed by atoms with van der Waals surface area (Å²) >= 11 is 0. The third-order valence-corrected chi connectivity index (χ3v) is 3.43. The number of hydrogen-bond acceptors (Lipinski definition) is 5. The summed E-state index contributed by atoms with van der Waals surface area (Å²) in [6, 6.07) is 0. The number of H-pyrrole nitrogens is 1. The minimum atomic E-state index is -1.66. The highest BCUT2D eigenvalue weighted by atomic mass is 19.1. The van der Waals surface area contributed by atoms with Gasteiger partial charge in [-0.05, 0) is 12.5 Å². The zero-order valence-electron chi connectivity index (χ0n) is 11.1. The van der Waals surface area contributed by atoms with Gasteiger partial charge in [0.15, 0.2) is 12.4 Å². The van der Waals surface area contributed by atoms with Gasteiger partial charge in [-0.25, -0.2) is 9.18 Å². The average molecular weight is 299 g/mol. The van der Waals surface area contributed by atoms with E-state index in [1.807, 2.05) is 0 Å². The number of hydrogen-bond donors (Lipinski definition) is 2. The molecule has 9 nitrogen and oxygen atoms in total. The number of aryl methyl sites for hydroxylation is 1. The third-order valence-electron chi connectivity index (χ3n) is 3.43. The summed E-state index contributed by atoms with van der Waals surface area (Å²) in [5.41, 5.74) is 7.16. The number of aliphatic hydroxyl groups is 1. The molecular formula is C11H14FN5O4. The first-order valence-corrected chi connectivity index (χ1v) is 6.23. The Kier molecular flexibility index (Phi) is 4.41. The van der Waals surface area contributed by atoms with Crippen LogP contribution in [-0.4, -0.2) is 40.1 Å². The van der Waals surface area contributed by atoms with Gasteiger partial charge in [0.2, 0.25) is 0 Å². The van der Waals surface area contributed by atoms with Crippen LogP contribution in [0.4, 0.5) is 4.39 Å². The molecule has 1 aliphatic rings. The molecule has 1 aliphatic heterocycles. The number of aromatic nitrogens is 2. The van der Waals surface area contributed by atoms with Gasteiger partial charge in [0.25, 0.3) is 5.56 Å². The van der Waals surface area contributed by atoms with Crippen LogP contribution in [0.2, 0.25) is 0 Å². The highest BCUT2D eigenvalue weighted by Crippen LogP contribution is 2.35. The lowest BCUT2D eigenvalue weighted by molar-refractivity contribution is -0.0422. The molecule has 1 aromatic heterocycles. The van der Waals surface area contributed by atoms with E-state index in [0.717, 1.165) is 4.57 Å². The molecule has 0 unspecified atom stereocenters. The molecule has 0 bridgehead atoms. The smallest absolute Gasteiger partial charge is 0.330 e. The first-order valence-electron chi connectivity index (χ1n) is 6.23. The quantitative estimate of drug-likeness (QED) is 0.459. The van der Waals surface area contributed by atoms with Gasteiger partial charge in [0.1, 0.15) is 0 Å². The lowest BCUT2D eigenvalue weighted by Crippen LogP contribution is -2.36. The van der Waals surface area contributed by atoms with Crippen LogP contribution in [0.3, 0.4) is 0 Å². The third kappa shape index (κ3) is 2.82. The van der Waals surface area contributed by atoms with Gasteiger partial charge >= 0.3 is 5.69 Å². The van der Waals surface area contributed by atoms with Crippen LogP contribution in [0.5, 0.6) is 0 Å². The zero-order chi connectivity index (χ0) is 15.6. The normalized spacial score (nSPS) is 28.3. The number of halogens is 1. The van der Waals surface area contributed by atoms with Crippen molar-refractivity contribution in [3.05, 3.63) is 43.0 Å². The topological polar surface area (TPSA) is 133 Å². The van der Waals surface area contributed by atoms with E-state index in [0.29, 0.717) is 0 Å². The van der Waals surface area contributed by atoms with Crippen LogP contribution >= 0.6 is 0 Å². The first kappa shape index (κ1) is 15.2. The molecule has 0 spiro atoms. The maximum atomic E-state index is 14.4. The van der Waals surface area contributed by atoms with E-state index in [2.05, 4.69) is 15.0 Å². The van der Waals surface area contributed by atoms with Crippen LogP contribution in [0.15, 0.2) is 20.9 Å². The molecule has 0 radical (unpaired) electrons. The van der Waals surface area contributed by atoms with E-state index in [1.165, 1.54) is 13.1 Å². The maximum absolute atomic E-state index is 14.4. The molecule has 21 heavy (non-hydrogen) atoms. The van der Waals surface area contributed by atoms with Crippen molar-refractivity contribution in [1.29, 1.82) is 0 Å². The van der Waals surface area contributed by atoms with Gasteiger partial charge in [0, 0.05) is 29.1 Å². The molecule has 10 heteroatoms. The zero-order valence-corrected chi connectivity index (χ0v) is 11.1. The van der Waals surface area contributed by atoms with Crippen molar-refractivity contribution >= 4 is 0 Å². The van der Waals surface area contributed by atoms with Crippen LogP contribution in [0.25, 0.3) is 10.4 Å². The number of rotatable bonds is 4. The van der Waals surface area contributed by atoms with Crippen molar-refractivity contribution in [2.24, 2.45) is 11.0 Å². The van der Waals surface area contributed by atoms with Crippen molar-refractivity contribution in [3.63, 3.8) is 0 Å². The van der Waals surface area contributed by atoms with Gasteiger partial charge in [-0.1, -0.05) is 5.11 Å². The fraction of sp³-hybridized carbons (Fsp3) is 0.636. The summed E-state index contributed by atoms with van der Waals surface area (Å²) in [5, 5.41) is 12.5. The van der Waals surface area contributed by atoms with Crippen LogP contribution in [0, 0.1) is 12.8 Å². The van der Waals surface area contributed by atoms with Gasteiger partial charge in [-0.3, -0.25) is 14.3 Å². The molecule has 2 heterocycles. The lowest BCUT2D eigenvalue weighted by atomic mass is 10.00. The Bertz CT molecular complexity index is 680. The van der Waals surface area contributed by atoms with Crippen molar-refractivity contribution in [1.82, 2.24) is 9.55 Å². The highest BCUT2D eigenvalue weighted by Gasteiger charge is 2.45. The number of aliphatic hydroxyl groups excluding tert-OH is 1. The van der Waals surface area contributed by atoms with E-state index >= 15 is 0 Å². The monoisotopic (exact) mass is 299 g/mol. The summed E-state index contributed by atoms with van der Waals surface area (Å²) in [6.07, 6.45) is -2.64. The van der Waals surface area contributed by atoms with Crippen LogP contribution in [0.1, 0.15) is 11.8 Å². The molecule has 0 aromatic carbocycles. The summed E-state index contributed by atoms with van der Waals surface area (Å²) in [7, 11) is 0. The van der Waals surface area contributed by atoms with E-state index in [-0.39, 0.29) is 12.1 Å². The minimum absolute atomic E-state index is 0.198. The highest BCUT2D eigenvalue weighted by molar-refractivity contribution is 5.03. The van der Waals surface area contributed by atoms with Crippen molar-refractivity contribution in [2.45, 2.75) is 25.4 Å². The summed E-state index contributed by atoms with van der Waals surface area (Å²) in [4.78, 5) is 27.7. The van der Waals surface area contributed by atoms with Crippen molar-refractivity contribution in [2.75, 3.05) is 13.2 Å². The number of nitrogens with one attached hydrogen (secondary N) is 1. The Morgan fingerprint density at radius 3 is 2.95 bits per heavy atom. The second kappa shape index (κ2) is 6.08. The minimum Gasteiger partial charge on any atom is -0.394 e. The molecule has 4 atom stereocenters. The van der Waals surface area contributed by atoms with Crippen molar-refractivity contribution < 1.29 is 14.2 Å². The summed E-state index contributed by atoms with van der Waals surface area (Å²) in [6.45, 7) is 0.800. The largest absolute Gasteiger partial charge is 0.394 e. The number of azide groups is 1. The molecule has 0 aliphatic carbocycles. The Hall–Kier alpha value is -2.16. The second-order valence-electron chi connectivity index (χ2n) is 4.75. The second-order valence-corrected chi connectivity index (χ2v) is 4.75. The molecule has 2 rings (SSSR count). The first-order chi connectivity index (χ1) is 9.99. The molecule has 1 saturated heterocycles. The Balaban J connectivity index is 2.37. The molecule has 0 saturated carbocycles. The standard InChI is InChI=1S/C11H14FN5O4/c1-5-3-17(11(20)15-9(5)19)10-8(12)6(2-14-16-13)7(4-18)21-10/h3,6-8,10,18H,2,4H2,1H3,(H,15,19,20)/t6-,7-,8-,10-/m1/s1. The van der Waals surface area contributed by atoms with Crippen LogP contribution in [-0.2, 0) is 4.74 Å². The van der Waals surface area contributed by atoms with E-state index < -0.39 is 42.3 Å². The SMILES string of the molecule is Cc1cn([C@@H]2O[C@H](CO)[C@@H](CN=[N+]=[N-])[C@H]2F)c(=O)[nH]c1=O. The molecule has 114 valence electrons. The number of alkyl halides is 1. The fourth-order valence-electron chi connectivity index (χ4n) is 2.29. The van der Waals surface area contributed by atoms with Crippen molar-refractivity contribution in [3.8, 4) is 0 Å². The fourth-order valence-corrected chi connectivity index (χ4v) is 2.29. The Morgan fingerprint density at radius 1 is 1.62 bits per heavy atom. The predicted octanol–water partition coefficient (Wildman–Crippen LogP) is -0.000680. The molecular weight excluding hydrogens is 285 g/mol. The summed E-state index contributed by atoms with van der Waals surface area (Å²) < 4.78 is 20.7. The van der Waals surface area contributed by atoms with Gasteiger partial charge in [-0.2, -0.15) is 0 Å². The average Bonchev–Trinajstić information content (AvgIpc) is 2.77. The maximum Gasteiger partial charge on any atom is 0.330 e. The molecule has 0 amide bonds. The number of ether oxygens (including phenoxy) is 1. The van der Waals surface area contributed by atoms with Gasteiger partial charge < -0.3 is 9.84 Å². The van der Waals surface area contributed by atoms with Gasteiger partial charge in [0.05, 0.1) is 12.7 Å². The predicted molar refractivity (Wildman–Crippen MR) is 69.5 cm³/mol. The number of nitrogens with zero attached hydrogens (tertiary/aromatic N) is 4. The van der Waals surface area contributed by atoms with Crippen LogP contribution < -0.4 is 11.2 Å². The molecule has 1 aromatic rings. The number of aromatic amines is 1. The Labute approximate surface area is 117 Å². The van der Waals surface area contributed by atoms with E-state index in [9.17, 15) is 19.1 Å². The summed E-state index contributed by atoms with van der Waals surface area (Å²) in [5.74, 6) is -0.866. The molecule has 2 N–H and O–H groups in total.